The Morgan fingerprint density at radius 2 is 1.87 bits per heavy atom. The van der Waals surface area contributed by atoms with Gasteiger partial charge in [0.2, 0.25) is 15.9 Å². The van der Waals surface area contributed by atoms with Crippen molar-refractivity contribution in [2.24, 2.45) is 0 Å². The lowest BCUT2D eigenvalue weighted by molar-refractivity contribution is -0.116. The summed E-state index contributed by atoms with van der Waals surface area (Å²) < 4.78 is 30.8. The molecule has 1 unspecified atom stereocenters. The maximum atomic E-state index is 12.9. The molecule has 31 heavy (non-hydrogen) atoms. The molecule has 0 bridgehead atoms. The molecule has 2 saturated heterocycles. The zero-order valence-electron chi connectivity index (χ0n) is 17.3. The number of hydrogen-bond donors (Lipinski definition) is 1. The number of likely N-dealkylation sites (tertiary alicyclic amines) is 1. The number of benzene rings is 1. The summed E-state index contributed by atoms with van der Waals surface area (Å²) in [5.74, 6) is -0.193. The number of nitrogens with zero attached hydrogens (tertiary/aromatic N) is 2. The van der Waals surface area contributed by atoms with E-state index < -0.39 is 15.9 Å². The average molecular weight is 446 g/mol. The number of sulfonamides is 1. The molecule has 3 heterocycles. The Balaban J connectivity index is 1.49. The lowest BCUT2D eigenvalue weighted by Crippen LogP contribution is -2.38. The summed E-state index contributed by atoms with van der Waals surface area (Å²) in [6, 6.07) is 9.88. The van der Waals surface area contributed by atoms with Gasteiger partial charge in [0.05, 0.1) is 23.7 Å². The molecule has 0 spiro atoms. The highest BCUT2D eigenvalue weighted by molar-refractivity contribution is 7.94. The van der Waals surface area contributed by atoms with E-state index in [2.05, 4.69) is 10.2 Å². The van der Waals surface area contributed by atoms with Gasteiger partial charge in [0.25, 0.3) is 5.91 Å². The number of amides is 2. The fourth-order valence-corrected chi connectivity index (χ4v) is 5.68. The minimum absolute atomic E-state index is 0.0422. The van der Waals surface area contributed by atoms with Gasteiger partial charge in [0.1, 0.15) is 5.76 Å². The first-order chi connectivity index (χ1) is 15.0. The van der Waals surface area contributed by atoms with Crippen molar-refractivity contribution in [1.82, 2.24) is 10.2 Å². The van der Waals surface area contributed by atoms with Gasteiger partial charge in [-0.25, -0.2) is 12.7 Å². The minimum atomic E-state index is -3.67. The van der Waals surface area contributed by atoms with Crippen LogP contribution in [-0.4, -0.2) is 50.5 Å². The summed E-state index contributed by atoms with van der Waals surface area (Å²) in [6.45, 7) is 2.27. The molecule has 2 aromatic rings. The van der Waals surface area contributed by atoms with Crippen LogP contribution >= 0.6 is 0 Å². The van der Waals surface area contributed by atoms with Crippen molar-refractivity contribution in [3.05, 3.63) is 54.0 Å². The van der Waals surface area contributed by atoms with Crippen LogP contribution in [0.1, 0.15) is 54.3 Å². The van der Waals surface area contributed by atoms with Gasteiger partial charge in [-0.1, -0.05) is 18.9 Å². The van der Waals surface area contributed by atoms with Crippen molar-refractivity contribution in [2.45, 2.75) is 38.1 Å². The van der Waals surface area contributed by atoms with E-state index in [0.29, 0.717) is 12.1 Å². The number of rotatable bonds is 6. The van der Waals surface area contributed by atoms with Crippen molar-refractivity contribution in [3.8, 4) is 0 Å². The molecular weight excluding hydrogens is 418 g/mol. The first kappa shape index (κ1) is 21.6. The molecule has 2 amide bonds. The number of carbonyl (C=O) groups excluding carboxylic acids is 2. The smallest absolute Gasteiger partial charge is 0.251 e. The summed E-state index contributed by atoms with van der Waals surface area (Å²) in [7, 11) is -3.67. The van der Waals surface area contributed by atoms with E-state index >= 15 is 0 Å². The summed E-state index contributed by atoms with van der Waals surface area (Å²) in [6.07, 6.45) is 6.24. The molecule has 1 aromatic carbocycles. The van der Waals surface area contributed by atoms with Crippen LogP contribution < -0.4 is 9.62 Å². The third kappa shape index (κ3) is 4.83. The molecule has 2 aliphatic rings. The Hall–Kier alpha value is -2.65. The monoisotopic (exact) mass is 445 g/mol. The van der Waals surface area contributed by atoms with E-state index in [1.165, 1.54) is 25.0 Å². The van der Waals surface area contributed by atoms with Gasteiger partial charge in [-0.3, -0.25) is 14.5 Å². The predicted molar refractivity (Wildman–Crippen MR) is 116 cm³/mol. The Morgan fingerprint density at radius 1 is 1.10 bits per heavy atom. The number of anilines is 1. The van der Waals surface area contributed by atoms with Gasteiger partial charge in [-0.2, -0.15) is 0 Å². The molecule has 2 fully saturated rings. The van der Waals surface area contributed by atoms with E-state index in [-0.39, 0.29) is 29.8 Å². The highest BCUT2D eigenvalue weighted by Crippen LogP contribution is 2.27. The Morgan fingerprint density at radius 3 is 2.52 bits per heavy atom. The maximum absolute atomic E-state index is 12.9. The first-order valence-corrected chi connectivity index (χ1v) is 12.3. The van der Waals surface area contributed by atoms with Crippen LogP contribution in [0.25, 0.3) is 0 Å². The summed E-state index contributed by atoms with van der Waals surface area (Å²) >= 11 is 0. The highest BCUT2D eigenvalue weighted by atomic mass is 32.2. The molecule has 0 saturated carbocycles. The van der Waals surface area contributed by atoms with Gasteiger partial charge in [-0.15, -0.1) is 0 Å². The molecule has 0 radical (unpaired) electrons. The first-order valence-electron chi connectivity index (χ1n) is 10.7. The quantitative estimate of drug-likeness (QED) is 0.734. The zero-order valence-corrected chi connectivity index (χ0v) is 18.1. The average Bonchev–Trinajstić information content (AvgIpc) is 3.27. The SMILES string of the molecule is O=C(NCC(c1ccco1)N1CCCCCC1)c1cccc(N2C(=O)CCS2(=O)=O)c1. The molecule has 166 valence electrons. The fourth-order valence-electron chi connectivity index (χ4n) is 4.23. The van der Waals surface area contributed by atoms with Crippen LogP contribution in [0.5, 0.6) is 0 Å². The highest BCUT2D eigenvalue weighted by Gasteiger charge is 2.36. The van der Waals surface area contributed by atoms with Gasteiger partial charge in [-0.05, 0) is 56.3 Å². The van der Waals surface area contributed by atoms with Gasteiger partial charge in [0.15, 0.2) is 0 Å². The van der Waals surface area contributed by atoms with Crippen molar-refractivity contribution >= 4 is 27.5 Å². The molecule has 4 rings (SSSR count). The van der Waals surface area contributed by atoms with Crippen molar-refractivity contribution in [3.63, 3.8) is 0 Å². The topological polar surface area (TPSA) is 99.9 Å². The Kier molecular flexibility index (Phi) is 6.43. The van der Waals surface area contributed by atoms with Gasteiger partial charge in [0, 0.05) is 18.5 Å². The third-order valence-electron chi connectivity index (χ3n) is 5.83. The van der Waals surface area contributed by atoms with Crippen molar-refractivity contribution in [1.29, 1.82) is 0 Å². The normalized spacial score (nSPS) is 20.4. The second kappa shape index (κ2) is 9.23. The van der Waals surface area contributed by atoms with Crippen LogP contribution in [0.15, 0.2) is 47.1 Å². The molecule has 1 N–H and O–H groups in total. The van der Waals surface area contributed by atoms with Crippen LogP contribution in [-0.2, 0) is 14.8 Å². The molecule has 1 aromatic heterocycles. The van der Waals surface area contributed by atoms with E-state index in [1.54, 1.807) is 18.4 Å². The summed E-state index contributed by atoms with van der Waals surface area (Å²) in [5, 5.41) is 2.96. The molecule has 1 atom stereocenters. The molecule has 0 aliphatic carbocycles. The lowest BCUT2D eigenvalue weighted by atomic mass is 10.1. The molecule has 9 heteroatoms. The Bertz CT molecular complexity index is 1030. The largest absolute Gasteiger partial charge is 0.468 e. The molecule has 2 aliphatic heterocycles. The fraction of sp³-hybridized carbons (Fsp3) is 0.455. The lowest BCUT2D eigenvalue weighted by Gasteiger charge is -2.29. The van der Waals surface area contributed by atoms with Crippen molar-refractivity contribution in [2.75, 3.05) is 29.7 Å². The third-order valence-corrected chi connectivity index (χ3v) is 7.52. The summed E-state index contributed by atoms with van der Waals surface area (Å²) in [4.78, 5) is 27.3. The maximum Gasteiger partial charge on any atom is 0.251 e. The van der Waals surface area contributed by atoms with Gasteiger partial charge >= 0.3 is 0 Å². The standard InChI is InChI=1S/C22H27N3O5S/c26-21-10-14-31(28,29)25(21)18-8-5-7-17(15-18)22(27)23-16-19(20-9-6-13-30-20)24-11-3-1-2-4-12-24/h5-9,13,15,19H,1-4,10-12,14,16H2,(H,23,27). The second-order valence-electron chi connectivity index (χ2n) is 7.97. The molecular formula is C22H27N3O5S. The molecule has 8 nitrogen and oxygen atoms in total. The summed E-state index contributed by atoms with van der Waals surface area (Å²) in [5.41, 5.74) is 0.506. The van der Waals surface area contributed by atoms with E-state index in [0.717, 1.165) is 36.0 Å². The van der Waals surface area contributed by atoms with Crippen LogP contribution in [0, 0.1) is 0 Å². The number of hydrogen-bond acceptors (Lipinski definition) is 6. The Labute approximate surface area is 182 Å². The van der Waals surface area contributed by atoms with Gasteiger partial charge < -0.3 is 9.73 Å². The second-order valence-corrected chi connectivity index (χ2v) is 9.90. The van der Waals surface area contributed by atoms with Crippen LogP contribution in [0.3, 0.4) is 0 Å². The number of carbonyl (C=O) groups is 2. The number of furan rings is 1. The zero-order chi connectivity index (χ0) is 21.8. The minimum Gasteiger partial charge on any atom is -0.468 e. The van der Waals surface area contributed by atoms with Crippen LogP contribution in [0.2, 0.25) is 0 Å². The predicted octanol–water partition coefficient (Wildman–Crippen LogP) is 2.69. The van der Waals surface area contributed by atoms with Crippen LogP contribution in [0.4, 0.5) is 5.69 Å². The number of nitrogens with one attached hydrogen (secondary N) is 1. The van der Waals surface area contributed by atoms with E-state index in [9.17, 15) is 18.0 Å². The van der Waals surface area contributed by atoms with Crippen molar-refractivity contribution < 1.29 is 22.4 Å². The van der Waals surface area contributed by atoms with E-state index in [1.807, 2.05) is 12.1 Å². The van der Waals surface area contributed by atoms with E-state index in [4.69, 9.17) is 4.42 Å².